The van der Waals surface area contributed by atoms with E-state index in [-0.39, 0.29) is 17.8 Å². The molecule has 106 valence electrons. The van der Waals surface area contributed by atoms with Gasteiger partial charge in [0.2, 0.25) is 5.95 Å². The van der Waals surface area contributed by atoms with E-state index >= 15 is 0 Å². The lowest BCUT2D eigenvalue weighted by atomic mass is 10.2. The number of alkyl halides is 3. The van der Waals surface area contributed by atoms with Crippen LogP contribution >= 0.6 is 0 Å². The number of hydrazine groups is 1. The molecule has 6 nitrogen and oxygen atoms in total. The first-order chi connectivity index (χ1) is 8.91. The fourth-order valence-corrected chi connectivity index (χ4v) is 1.84. The summed E-state index contributed by atoms with van der Waals surface area (Å²) in [5.74, 6) is 4.99. The number of rotatable bonds is 3. The van der Waals surface area contributed by atoms with Crippen LogP contribution in [0.2, 0.25) is 0 Å². The maximum Gasteiger partial charge on any atom is 0.433 e. The van der Waals surface area contributed by atoms with Crippen molar-refractivity contribution in [1.82, 2.24) is 9.97 Å². The van der Waals surface area contributed by atoms with Gasteiger partial charge in [0.05, 0.1) is 12.6 Å². The number of nitrogens with one attached hydrogen (secondary N) is 1. The molecule has 1 aromatic rings. The fraction of sp³-hybridized carbons (Fsp3) is 0.600. The zero-order valence-corrected chi connectivity index (χ0v) is 10.2. The van der Waals surface area contributed by atoms with Gasteiger partial charge >= 0.3 is 6.18 Å². The number of hydrogen-bond donors (Lipinski definition) is 2. The highest BCUT2D eigenvalue weighted by Crippen LogP contribution is 2.31. The highest BCUT2D eigenvalue weighted by atomic mass is 19.4. The Morgan fingerprint density at radius 2 is 2.21 bits per heavy atom. The molecule has 3 N–H and O–H groups in total. The van der Waals surface area contributed by atoms with Gasteiger partial charge in [0.25, 0.3) is 0 Å². The number of hydrogen-bond acceptors (Lipinski definition) is 6. The normalized spacial score (nSPS) is 19.5. The summed E-state index contributed by atoms with van der Waals surface area (Å²) in [6, 6.07) is 0.903. The lowest BCUT2D eigenvalue weighted by molar-refractivity contribution is -0.141. The van der Waals surface area contributed by atoms with Crippen LogP contribution in [0.1, 0.15) is 12.1 Å². The van der Waals surface area contributed by atoms with E-state index in [4.69, 9.17) is 10.6 Å². The van der Waals surface area contributed by atoms with Gasteiger partial charge in [-0.1, -0.05) is 0 Å². The van der Waals surface area contributed by atoms with E-state index in [0.29, 0.717) is 13.2 Å². The predicted octanol–water partition coefficient (Wildman–Crippen LogP) is 1.01. The molecule has 0 spiro atoms. The van der Waals surface area contributed by atoms with Gasteiger partial charge in [0.15, 0.2) is 5.69 Å². The highest BCUT2D eigenvalue weighted by Gasteiger charge is 2.34. The Morgan fingerprint density at radius 1 is 1.47 bits per heavy atom. The standard InChI is InChI=1S/C10H14F3N5O/c1-18(6-2-3-19-5-6)8-4-7(10(11,12)13)15-9(16-8)17-14/h4,6H,2-3,5,14H2,1H3,(H,15,16,17). The molecule has 9 heteroatoms. The van der Waals surface area contributed by atoms with Crippen molar-refractivity contribution in [2.45, 2.75) is 18.6 Å². The van der Waals surface area contributed by atoms with Crippen LogP contribution in [0.5, 0.6) is 0 Å². The molecule has 1 aliphatic rings. The monoisotopic (exact) mass is 277 g/mol. The van der Waals surface area contributed by atoms with E-state index in [1.807, 2.05) is 5.43 Å². The molecule has 1 aliphatic heterocycles. The SMILES string of the molecule is CN(c1cc(C(F)(F)F)nc(NN)n1)C1CCOC1. The number of anilines is 2. The van der Waals surface area contributed by atoms with Crippen LogP contribution in [0.3, 0.4) is 0 Å². The summed E-state index contributed by atoms with van der Waals surface area (Å²) in [6.07, 6.45) is -3.80. The minimum Gasteiger partial charge on any atom is -0.379 e. The molecule has 2 heterocycles. The average Bonchev–Trinajstić information content (AvgIpc) is 2.90. The zero-order chi connectivity index (χ0) is 14.0. The zero-order valence-electron chi connectivity index (χ0n) is 10.2. The van der Waals surface area contributed by atoms with Gasteiger partial charge < -0.3 is 9.64 Å². The molecule has 0 radical (unpaired) electrons. The molecule has 2 rings (SSSR count). The molecule has 0 amide bonds. The second-order valence-electron chi connectivity index (χ2n) is 4.21. The topological polar surface area (TPSA) is 76.3 Å². The molecule has 1 unspecified atom stereocenters. The van der Waals surface area contributed by atoms with Crippen LogP contribution in [-0.2, 0) is 10.9 Å². The molecule has 0 saturated carbocycles. The van der Waals surface area contributed by atoms with Gasteiger partial charge in [-0.2, -0.15) is 18.2 Å². The predicted molar refractivity (Wildman–Crippen MR) is 62.5 cm³/mol. The van der Waals surface area contributed by atoms with E-state index in [9.17, 15) is 13.2 Å². The molecular formula is C10H14F3N5O. The van der Waals surface area contributed by atoms with Gasteiger partial charge in [-0.25, -0.2) is 10.8 Å². The van der Waals surface area contributed by atoms with Gasteiger partial charge in [-0.05, 0) is 6.42 Å². The molecule has 1 aromatic heterocycles. The van der Waals surface area contributed by atoms with E-state index < -0.39 is 11.9 Å². The third kappa shape index (κ3) is 3.04. The molecule has 0 bridgehead atoms. The number of ether oxygens (including phenoxy) is 1. The van der Waals surface area contributed by atoms with Crippen molar-refractivity contribution < 1.29 is 17.9 Å². The number of nitrogens with two attached hydrogens (primary N) is 1. The lowest BCUT2D eigenvalue weighted by Gasteiger charge is -2.25. The molecular weight excluding hydrogens is 263 g/mol. The third-order valence-corrected chi connectivity index (χ3v) is 2.95. The van der Waals surface area contributed by atoms with Crippen LogP contribution in [0, 0.1) is 0 Å². The Morgan fingerprint density at radius 3 is 2.74 bits per heavy atom. The lowest BCUT2D eigenvalue weighted by Crippen LogP contribution is -2.33. The summed E-state index contributed by atoms with van der Waals surface area (Å²) in [5.41, 5.74) is 1.01. The maximum atomic E-state index is 12.7. The van der Waals surface area contributed by atoms with Crippen molar-refractivity contribution in [2.75, 3.05) is 30.6 Å². The highest BCUT2D eigenvalue weighted by molar-refractivity contribution is 5.45. The number of halogens is 3. The summed E-state index contributed by atoms with van der Waals surface area (Å²) in [6.45, 7) is 1.06. The summed E-state index contributed by atoms with van der Waals surface area (Å²) in [5, 5.41) is 0. The Balaban J connectivity index is 2.33. The quantitative estimate of drug-likeness (QED) is 0.634. The van der Waals surface area contributed by atoms with Gasteiger partial charge in [0, 0.05) is 19.7 Å². The van der Waals surface area contributed by atoms with Crippen LogP contribution in [-0.4, -0.2) is 36.3 Å². The summed E-state index contributed by atoms with van der Waals surface area (Å²) >= 11 is 0. The van der Waals surface area contributed by atoms with Crippen LogP contribution in [0.4, 0.5) is 24.9 Å². The molecule has 1 saturated heterocycles. The Hall–Kier alpha value is -1.61. The minimum absolute atomic E-state index is 0.00149. The Labute approximate surface area is 107 Å². The number of likely N-dealkylation sites (N-methyl/N-ethyl adjacent to an activating group) is 1. The first-order valence-corrected chi connectivity index (χ1v) is 5.65. The molecule has 0 aliphatic carbocycles. The first-order valence-electron chi connectivity index (χ1n) is 5.65. The second-order valence-corrected chi connectivity index (χ2v) is 4.21. The average molecular weight is 277 g/mol. The van der Waals surface area contributed by atoms with Gasteiger partial charge in [-0.3, -0.25) is 5.43 Å². The van der Waals surface area contributed by atoms with Crippen LogP contribution in [0.15, 0.2) is 6.07 Å². The van der Waals surface area contributed by atoms with Crippen molar-refractivity contribution in [3.8, 4) is 0 Å². The number of aromatic nitrogens is 2. The van der Waals surface area contributed by atoms with Crippen LogP contribution < -0.4 is 16.2 Å². The number of nitrogen functional groups attached to an aromatic ring is 1. The summed E-state index contributed by atoms with van der Waals surface area (Å²) in [7, 11) is 1.67. The van der Waals surface area contributed by atoms with E-state index in [1.54, 1.807) is 11.9 Å². The van der Waals surface area contributed by atoms with Crippen molar-refractivity contribution in [3.05, 3.63) is 11.8 Å². The summed E-state index contributed by atoms with van der Waals surface area (Å²) < 4.78 is 43.4. The fourth-order valence-electron chi connectivity index (χ4n) is 1.84. The maximum absolute atomic E-state index is 12.7. The largest absolute Gasteiger partial charge is 0.433 e. The smallest absolute Gasteiger partial charge is 0.379 e. The van der Waals surface area contributed by atoms with Crippen molar-refractivity contribution in [2.24, 2.45) is 5.84 Å². The van der Waals surface area contributed by atoms with Crippen molar-refractivity contribution >= 4 is 11.8 Å². The van der Waals surface area contributed by atoms with E-state index in [1.165, 1.54) is 0 Å². The van der Waals surface area contributed by atoms with Gasteiger partial charge in [0.1, 0.15) is 5.82 Å². The number of nitrogens with zero attached hydrogens (tertiary/aromatic N) is 3. The second kappa shape index (κ2) is 5.17. The van der Waals surface area contributed by atoms with Crippen molar-refractivity contribution in [3.63, 3.8) is 0 Å². The Bertz CT molecular complexity index is 447. The first kappa shape index (κ1) is 13.8. The van der Waals surface area contributed by atoms with E-state index in [0.717, 1.165) is 12.5 Å². The molecule has 0 aromatic carbocycles. The molecule has 19 heavy (non-hydrogen) atoms. The van der Waals surface area contributed by atoms with Crippen LogP contribution in [0.25, 0.3) is 0 Å². The Kier molecular flexibility index (Phi) is 3.76. The minimum atomic E-state index is -4.55. The van der Waals surface area contributed by atoms with Gasteiger partial charge in [-0.15, -0.1) is 0 Å². The van der Waals surface area contributed by atoms with E-state index in [2.05, 4.69) is 9.97 Å². The molecule has 1 atom stereocenters. The van der Waals surface area contributed by atoms with Crippen molar-refractivity contribution in [1.29, 1.82) is 0 Å². The third-order valence-electron chi connectivity index (χ3n) is 2.95. The molecule has 1 fully saturated rings. The summed E-state index contributed by atoms with van der Waals surface area (Å²) in [4.78, 5) is 8.88.